The Morgan fingerprint density at radius 3 is 2.71 bits per heavy atom. The predicted molar refractivity (Wildman–Crippen MR) is 122 cm³/mol. The molecule has 164 valence electrons. The first-order chi connectivity index (χ1) is 14.7. The van der Waals surface area contributed by atoms with E-state index >= 15 is 0 Å². The SMILES string of the molecule is CC(C)(C)OC(=O)N1CC[C@@H](Oc2nc3ccccc3n2Cc2ccc(Cl)cc2Cl)C1. The summed E-state index contributed by atoms with van der Waals surface area (Å²) in [5.74, 6) is 0. The van der Waals surface area contributed by atoms with Gasteiger partial charge < -0.3 is 14.4 Å². The lowest BCUT2D eigenvalue weighted by Crippen LogP contribution is -2.36. The van der Waals surface area contributed by atoms with Gasteiger partial charge in [0.25, 0.3) is 6.01 Å². The Balaban J connectivity index is 1.56. The molecule has 0 bridgehead atoms. The maximum absolute atomic E-state index is 12.4. The van der Waals surface area contributed by atoms with Crippen molar-refractivity contribution in [2.24, 2.45) is 0 Å². The van der Waals surface area contributed by atoms with Gasteiger partial charge in [-0.15, -0.1) is 0 Å². The number of halogens is 2. The molecule has 1 aromatic heterocycles. The van der Waals surface area contributed by atoms with E-state index in [0.29, 0.717) is 42.1 Å². The number of para-hydroxylation sites is 2. The zero-order chi connectivity index (χ0) is 22.2. The lowest BCUT2D eigenvalue weighted by molar-refractivity contribution is 0.0273. The van der Waals surface area contributed by atoms with Gasteiger partial charge in [-0.3, -0.25) is 4.57 Å². The quantitative estimate of drug-likeness (QED) is 0.493. The number of nitrogens with zero attached hydrogens (tertiary/aromatic N) is 3. The lowest BCUT2D eigenvalue weighted by Gasteiger charge is -2.24. The first-order valence-electron chi connectivity index (χ1n) is 10.2. The number of aromatic nitrogens is 2. The smallest absolute Gasteiger partial charge is 0.410 e. The molecule has 1 saturated heterocycles. The second kappa shape index (κ2) is 8.60. The molecule has 1 amide bonds. The number of carbonyl (C=O) groups is 1. The molecule has 1 aliphatic rings. The Morgan fingerprint density at radius 2 is 1.97 bits per heavy atom. The summed E-state index contributed by atoms with van der Waals surface area (Å²) in [6.45, 7) is 7.12. The van der Waals surface area contributed by atoms with E-state index in [1.54, 1.807) is 11.0 Å². The molecule has 0 unspecified atom stereocenters. The van der Waals surface area contributed by atoms with Crippen LogP contribution in [0.15, 0.2) is 42.5 Å². The molecule has 1 fully saturated rings. The van der Waals surface area contributed by atoms with Crippen LogP contribution in [-0.4, -0.2) is 45.3 Å². The van der Waals surface area contributed by atoms with Crippen molar-refractivity contribution >= 4 is 40.3 Å². The molecule has 3 aromatic rings. The number of likely N-dealkylation sites (tertiary alicyclic amines) is 1. The second-order valence-electron chi connectivity index (χ2n) is 8.66. The van der Waals surface area contributed by atoms with Crippen LogP contribution in [0.25, 0.3) is 11.0 Å². The maximum Gasteiger partial charge on any atom is 0.410 e. The van der Waals surface area contributed by atoms with Crippen LogP contribution in [0, 0.1) is 0 Å². The van der Waals surface area contributed by atoms with Crippen LogP contribution in [0.2, 0.25) is 10.0 Å². The van der Waals surface area contributed by atoms with E-state index < -0.39 is 5.60 Å². The number of hydrogen-bond donors (Lipinski definition) is 0. The lowest BCUT2D eigenvalue weighted by atomic mass is 10.2. The summed E-state index contributed by atoms with van der Waals surface area (Å²) in [7, 11) is 0. The number of rotatable bonds is 4. The van der Waals surface area contributed by atoms with Crippen LogP contribution in [0.1, 0.15) is 32.8 Å². The van der Waals surface area contributed by atoms with Crippen molar-refractivity contribution in [3.05, 3.63) is 58.1 Å². The molecule has 0 N–H and O–H groups in total. The minimum absolute atomic E-state index is 0.163. The van der Waals surface area contributed by atoms with Crippen molar-refractivity contribution in [1.29, 1.82) is 0 Å². The molecule has 0 aliphatic carbocycles. The molecular formula is C23H25Cl2N3O3. The number of carbonyl (C=O) groups excluding carboxylic acids is 1. The number of benzene rings is 2. The van der Waals surface area contributed by atoms with Crippen LogP contribution >= 0.6 is 23.2 Å². The molecule has 31 heavy (non-hydrogen) atoms. The minimum Gasteiger partial charge on any atom is -0.459 e. The number of ether oxygens (including phenoxy) is 2. The van der Waals surface area contributed by atoms with Crippen molar-refractivity contribution in [2.45, 2.75) is 45.4 Å². The van der Waals surface area contributed by atoms with E-state index in [1.807, 2.05) is 61.7 Å². The summed E-state index contributed by atoms with van der Waals surface area (Å²) >= 11 is 12.5. The Labute approximate surface area is 191 Å². The van der Waals surface area contributed by atoms with Gasteiger partial charge >= 0.3 is 6.09 Å². The first kappa shape index (κ1) is 21.8. The highest BCUT2D eigenvalue weighted by atomic mass is 35.5. The van der Waals surface area contributed by atoms with E-state index in [-0.39, 0.29) is 12.2 Å². The Hall–Kier alpha value is -2.44. The number of fused-ring (bicyclic) bond motifs is 1. The Bertz CT molecular complexity index is 1110. The first-order valence-corrected chi connectivity index (χ1v) is 11.0. The van der Waals surface area contributed by atoms with Gasteiger partial charge in [0.15, 0.2) is 0 Å². The van der Waals surface area contributed by atoms with Crippen molar-refractivity contribution in [3.8, 4) is 6.01 Å². The molecular weight excluding hydrogens is 437 g/mol. The molecule has 1 aliphatic heterocycles. The van der Waals surface area contributed by atoms with E-state index in [1.165, 1.54) is 0 Å². The largest absolute Gasteiger partial charge is 0.459 e. The van der Waals surface area contributed by atoms with E-state index in [2.05, 4.69) is 4.98 Å². The highest BCUT2D eigenvalue weighted by Gasteiger charge is 2.32. The molecule has 8 heteroatoms. The Kier molecular flexibility index (Phi) is 6.04. The Morgan fingerprint density at radius 1 is 1.19 bits per heavy atom. The maximum atomic E-state index is 12.4. The van der Waals surface area contributed by atoms with E-state index in [9.17, 15) is 4.79 Å². The van der Waals surface area contributed by atoms with Crippen LogP contribution in [0.5, 0.6) is 6.01 Å². The summed E-state index contributed by atoms with van der Waals surface area (Å²) in [6, 6.07) is 13.8. The molecule has 6 nitrogen and oxygen atoms in total. The van der Waals surface area contributed by atoms with Gasteiger partial charge in [-0.05, 0) is 50.6 Å². The fourth-order valence-corrected chi connectivity index (χ4v) is 4.05. The minimum atomic E-state index is -0.526. The van der Waals surface area contributed by atoms with Gasteiger partial charge in [-0.25, -0.2) is 4.79 Å². The molecule has 2 heterocycles. The standard InChI is InChI=1S/C23H25Cl2N3O3/c1-23(2,3)31-22(29)27-11-10-17(14-27)30-21-26-19-6-4-5-7-20(19)28(21)13-15-8-9-16(24)12-18(15)25/h4-9,12,17H,10-11,13-14H2,1-3H3/t17-/m1/s1. The van der Waals surface area contributed by atoms with Gasteiger partial charge in [0.05, 0.1) is 24.1 Å². The highest BCUT2D eigenvalue weighted by molar-refractivity contribution is 6.35. The third-order valence-corrected chi connectivity index (χ3v) is 5.62. The molecule has 0 spiro atoms. The van der Waals surface area contributed by atoms with Crippen molar-refractivity contribution < 1.29 is 14.3 Å². The summed E-state index contributed by atoms with van der Waals surface area (Å²) in [6.07, 6.45) is 0.230. The number of amides is 1. The van der Waals surface area contributed by atoms with Gasteiger partial charge in [0.1, 0.15) is 11.7 Å². The van der Waals surface area contributed by atoms with Crippen LogP contribution in [0.3, 0.4) is 0 Å². The number of hydrogen-bond acceptors (Lipinski definition) is 4. The van der Waals surface area contributed by atoms with Crippen molar-refractivity contribution in [3.63, 3.8) is 0 Å². The van der Waals surface area contributed by atoms with Gasteiger partial charge in [0.2, 0.25) is 0 Å². The molecule has 4 rings (SSSR count). The van der Waals surface area contributed by atoms with Crippen LogP contribution in [-0.2, 0) is 11.3 Å². The van der Waals surface area contributed by atoms with Crippen LogP contribution < -0.4 is 4.74 Å². The summed E-state index contributed by atoms with van der Waals surface area (Å²) in [4.78, 5) is 18.7. The molecule has 0 saturated carbocycles. The summed E-state index contributed by atoms with van der Waals surface area (Å²) in [5.41, 5.74) is 2.18. The fourth-order valence-electron chi connectivity index (χ4n) is 3.58. The molecule has 2 aromatic carbocycles. The topological polar surface area (TPSA) is 56.6 Å². The zero-order valence-corrected chi connectivity index (χ0v) is 19.3. The highest BCUT2D eigenvalue weighted by Crippen LogP contribution is 2.28. The summed E-state index contributed by atoms with van der Waals surface area (Å²) < 4.78 is 13.8. The average Bonchev–Trinajstić information content (AvgIpc) is 3.28. The van der Waals surface area contributed by atoms with Crippen molar-refractivity contribution in [2.75, 3.05) is 13.1 Å². The predicted octanol–water partition coefficient (Wildman–Crippen LogP) is 5.78. The second-order valence-corrected chi connectivity index (χ2v) is 9.50. The number of imidazole rings is 1. The van der Waals surface area contributed by atoms with E-state index in [4.69, 9.17) is 32.7 Å². The molecule has 1 atom stereocenters. The fraction of sp³-hybridized carbons (Fsp3) is 0.391. The monoisotopic (exact) mass is 461 g/mol. The third-order valence-electron chi connectivity index (χ3n) is 5.03. The summed E-state index contributed by atoms with van der Waals surface area (Å²) in [5, 5.41) is 1.18. The van der Waals surface area contributed by atoms with Gasteiger partial charge in [0, 0.05) is 23.0 Å². The normalized spacial score (nSPS) is 16.7. The van der Waals surface area contributed by atoms with E-state index in [0.717, 1.165) is 16.6 Å². The average molecular weight is 462 g/mol. The van der Waals surface area contributed by atoms with Crippen molar-refractivity contribution in [1.82, 2.24) is 14.5 Å². The van der Waals surface area contributed by atoms with Gasteiger partial charge in [-0.2, -0.15) is 4.98 Å². The van der Waals surface area contributed by atoms with Crippen LogP contribution in [0.4, 0.5) is 4.79 Å². The molecule has 0 radical (unpaired) electrons. The zero-order valence-electron chi connectivity index (χ0n) is 17.8. The van der Waals surface area contributed by atoms with Gasteiger partial charge in [-0.1, -0.05) is 41.4 Å². The third kappa shape index (κ3) is 5.08.